The summed E-state index contributed by atoms with van der Waals surface area (Å²) in [6, 6.07) is 0. The van der Waals surface area contributed by atoms with E-state index in [2.05, 4.69) is 41.0 Å². The number of aromatic nitrogens is 1. The number of guanidine groups is 1. The highest BCUT2D eigenvalue weighted by Gasteiger charge is 2.31. The van der Waals surface area contributed by atoms with Crippen LogP contribution in [0.15, 0.2) is 15.6 Å². The fourth-order valence-corrected chi connectivity index (χ4v) is 3.34. The molecule has 2 fully saturated rings. The van der Waals surface area contributed by atoms with E-state index in [0.717, 1.165) is 37.7 Å². The lowest BCUT2D eigenvalue weighted by molar-refractivity contribution is -0.142. The molecular formula is C19H32IN5O3. The summed E-state index contributed by atoms with van der Waals surface area (Å²) in [6.07, 6.45) is 3.37. The number of nitrogens with one attached hydrogen (secondary N) is 1. The van der Waals surface area contributed by atoms with Crippen LogP contribution in [-0.4, -0.2) is 72.6 Å². The van der Waals surface area contributed by atoms with Crippen molar-refractivity contribution in [3.63, 3.8) is 0 Å². The summed E-state index contributed by atoms with van der Waals surface area (Å²) in [6.45, 7) is 10.3. The molecule has 1 atom stereocenters. The van der Waals surface area contributed by atoms with Crippen LogP contribution in [0.4, 0.5) is 0 Å². The molecule has 9 heteroatoms. The van der Waals surface area contributed by atoms with Gasteiger partial charge >= 0.3 is 0 Å². The first-order chi connectivity index (χ1) is 12.9. The van der Waals surface area contributed by atoms with Crippen molar-refractivity contribution in [2.75, 3.05) is 39.8 Å². The minimum absolute atomic E-state index is 0. The summed E-state index contributed by atoms with van der Waals surface area (Å²) in [5, 5.41) is 3.31. The van der Waals surface area contributed by atoms with Gasteiger partial charge in [0, 0.05) is 45.2 Å². The molecule has 0 saturated carbocycles. The van der Waals surface area contributed by atoms with E-state index in [1.54, 1.807) is 13.2 Å². The van der Waals surface area contributed by atoms with Crippen LogP contribution in [0, 0.1) is 0 Å². The number of nitrogens with zero attached hydrogens (tertiary/aromatic N) is 4. The Morgan fingerprint density at radius 3 is 2.50 bits per heavy atom. The van der Waals surface area contributed by atoms with Crippen LogP contribution >= 0.6 is 24.0 Å². The van der Waals surface area contributed by atoms with E-state index in [-0.39, 0.29) is 41.4 Å². The summed E-state index contributed by atoms with van der Waals surface area (Å²) in [5.41, 5.74) is -0.0567. The zero-order chi connectivity index (χ0) is 19.4. The van der Waals surface area contributed by atoms with Crippen molar-refractivity contribution in [2.45, 2.75) is 51.7 Å². The minimum Gasteiger partial charge on any atom is -0.443 e. The SMILES string of the molecule is CN=C(NCc1ncc(C(C)(C)C)o1)N1CCN(C(=O)C2CCCO2)CC1.I. The molecule has 1 aromatic heterocycles. The summed E-state index contributed by atoms with van der Waals surface area (Å²) >= 11 is 0. The first-order valence-electron chi connectivity index (χ1n) is 9.69. The first kappa shape index (κ1) is 22.9. The molecule has 158 valence electrons. The summed E-state index contributed by atoms with van der Waals surface area (Å²) in [4.78, 5) is 25.2. The molecule has 2 aliphatic rings. The quantitative estimate of drug-likeness (QED) is 0.385. The van der Waals surface area contributed by atoms with E-state index in [4.69, 9.17) is 9.15 Å². The van der Waals surface area contributed by atoms with Crippen LogP contribution in [-0.2, 0) is 21.5 Å². The van der Waals surface area contributed by atoms with Crippen molar-refractivity contribution in [3.05, 3.63) is 17.8 Å². The number of piperazine rings is 1. The summed E-state index contributed by atoms with van der Waals surface area (Å²) in [7, 11) is 1.77. The van der Waals surface area contributed by atoms with Crippen molar-refractivity contribution < 1.29 is 13.9 Å². The van der Waals surface area contributed by atoms with Gasteiger partial charge in [-0.25, -0.2) is 4.98 Å². The van der Waals surface area contributed by atoms with E-state index < -0.39 is 0 Å². The van der Waals surface area contributed by atoms with E-state index in [9.17, 15) is 4.79 Å². The Morgan fingerprint density at radius 2 is 1.96 bits per heavy atom. The second-order valence-corrected chi connectivity index (χ2v) is 8.08. The van der Waals surface area contributed by atoms with Crippen molar-refractivity contribution in [3.8, 4) is 0 Å². The van der Waals surface area contributed by atoms with E-state index in [0.29, 0.717) is 32.1 Å². The second-order valence-electron chi connectivity index (χ2n) is 8.08. The van der Waals surface area contributed by atoms with Crippen LogP contribution in [0.5, 0.6) is 0 Å². The molecule has 1 amide bonds. The highest BCUT2D eigenvalue weighted by molar-refractivity contribution is 14.0. The van der Waals surface area contributed by atoms with E-state index in [1.807, 2.05) is 4.90 Å². The number of carbonyl (C=O) groups excluding carboxylic acids is 1. The van der Waals surface area contributed by atoms with Gasteiger partial charge in [0.2, 0.25) is 5.89 Å². The maximum atomic E-state index is 12.5. The fourth-order valence-electron chi connectivity index (χ4n) is 3.34. The summed E-state index contributed by atoms with van der Waals surface area (Å²) in [5.74, 6) is 2.45. The number of halogens is 1. The average Bonchev–Trinajstić information content (AvgIpc) is 3.34. The van der Waals surface area contributed by atoms with Gasteiger partial charge in [-0.2, -0.15) is 0 Å². The molecule has 0 radical (unpaired) electrons. The molecule has 0 bridgehead atoms. The molecule has 1 unspecified atom stereocenters. The van der Waals surface area contributed by atoms with Gasteiger partial charge in [0.1, 0.15) is 11.9 Å². The van der Waals surface area contributed by atoms with Crippen LogP contribution in [0.1, 0.15) is 45.3 Å². The van der Waals surface area contributed by atoms with Crippen LogP contribution in [0.25, 0.3) is 0 Å². The molecule has 0 aliphatic carbocycles. The maximum absolute atomic E-state index is 12.5. The first-order valence-corrected chi connectivity index (χ1v) is 9.69. The number of ether oxygens (including phenoxy) is 1. The largest absolute Gasteiger partial charge is 0.443 e. The maximum Gasteiger partial charge on any atom is 0.251 e. The lowest BCUT2D eigenvalue weighted by atomic mass is 9.94. The van der Waals surface area contributed by atoms with Gasteiger partial charge in [-0.1, -0.05) is 20.8 Å². The van der Waals surface area contributed by atoms with Gasteiger partial charge in [-0.15, -0.1) is 24.0 Å². The predicted octanol–water partition coefficient (Wildman–Crippen LogP) is 1.99. The Bertz CT molecular complexity index is 671. The Labute approximate surface area is 184 Å². The topological polar surface area (TPSA) is 83.2 Å². The molecule has 1 N–H and O–H groups in total. The van der Waals surface area contributed by atoms with Crippen molar-refractivity contribution in [2.24, 2.45) is 4.99 Å². The van der Waals surface area contributed by atoms with Gasteiger partial charge < -0.3 is 24.3 Å². The monoisotopic (exact) mass is 505 g/mol. The second kappa shape index (κ2) is 9.91. The molecule has 1 aromatic rings. The Kier molecular flexibility index (Phi) is 8.11. The van der Waals surface area contributed by atoms with Crippen LogP contribution in [0.2, 0.25) is 0 Å². The molecule has 8 nitrogen and oxygen atoms in total. The number of amides is 1. The molecule has 28 heavy (non-hydrogen) atoms. The van der Waals surface area contributed by atoms with Gasteiger partial charge in [0.05, 0.1) is 12.7 Å². The smallest absolute Gasteiger partial charge is 0.251 e. The van der Waals surface area contributed by atoms with Crippen LogP contribution in [0.3, 0.4) is 0 Å². The molecule has 0 spiro atoms. The van der Waals surface area contributed by atoms with Gasteiger partial charge in [-0.3, -0.25) is 9.79 Å². The van der Waals surface area contributed by atoms with E-state index >= 15 is 0 Å². The number of rotatable bonds is 3. The lowest BCUT2D eigenvalue weighted by Gasteiger charge is -2.37. The zero-order valence-electron chi connectivity index (χ0n) is 17.2. The number of hydrogen-bond donors (Lipinski definition) is 1. The third-order valence-corrected chi connectivity index (χ3v) is 5.00. The summed E-state index contributed by atoms with van der Waals surface area (Å²) < 4.78 is 11.3. The Balaban J connectivity index is 0.00000280. The predicted molar refractivity (Wildman–Crippen MR) is 118 cm³/mol. The van der Waals surface area contributed by atoms with Crippen molar-refractivity contribution in [1.82, 2.24) is 20.1 Å². The number of oxazole rings is 1. The normalized spacial score (nSPS) is 20.9. The molecule has 0 aromatic carbocycles. The number of hydrogen-bond acceptors (Lipinski definition) is 5. The van der Waals surface area contributed by atoms with Crippen LogP contribution < -0.4 is 5.32 Å². The third-order valence-electron chi connectivity index (χ3n) is 5.00. The van der Waals surface area contributed by atoms with Crippen molar-refractivity contribution >= 4 is 35.8 Å². The Morgan fingerprint density at radius 1 is 1.29 bits per heavy atom. The number of carbonyl (C=O) groups is 1. The third kappa shape index (κ3) is 5.59. The van der Waals surface area contributed by atoms with E-state index in [1.165, 1.54) is 0 Å². The van der Waals surface area contributed by atoms with Crippen molar-refractivity contribution in [1.29, 1.82) is 0 Å². The molecule has 3 rings (SSSR count). The highest BCUT2D eigenvalue weighted by atomic mass is 127. The lowest BCUT2D eigenvalue weighted by Crippen LogP contribution is -2.55. The van der Waals surface area contributed by atoms with Gasteiger partial charge in [-0.05, 0) is 12.8 Å². The zero-order valence-corrected chi connectivity index (χ0v) is 19.6. The molecule has 2 aliphatic heterocycles. The molecular weight excluding hydrogens is 473 g/mol. The highest BCUT2D eigenvalue weighted by Crippen LogP contribution is 2.22. The average molecular weight is 505 g/mol. The minimum atomic E-state index is -0.240. The van der Waals surface area contributed by atoms with Gasteiger partial charge in [0.15, 0.2) is 5.96 Å². The van der Waals surface area contributed by atoms with Gasteiger partial charge in [0.25, 0.3) is 5.91 Å². The number of aliphatic imine (C=N–C) groups is 1. The molecule has 2 saturated heterocycles. The standard InChI is InChI=1S/C19H31N5O3.HI/c1-19(2,3)15-12-21-16(27-15)13-22-18(20-4)24-9-7-23(8-10-24)17(25)14-6-5-11-26-14;/h12,14H,5-11,13H2,1-4H3,(H,20,22);1H. The Hall–Kier alpha value is -1.36. The molecule has 3 heterocycles. The fraction of sp³-hybridized carbons (Fsp3) is 0.737.